The van der Waals surface area contributed by atoms with E-state index in [2.05, 4.69) is 41.4 Å². The van der Waals surface area contributed by atoms with E-state index in [0.717, 1.165) is 34.0 Å². The lowest BCUT2D eigenvalue weighted by atomic mass is 9.96. The van der Waals surface area contributed by atoms with Crippen LogP contribution in [0.25, 0.3) is 0 Å². The van der Waals surface area contributed by atoms with E-state index in [0.29, 0.717) is 36.7 Å². The molecule has 3 heterocycles. The van der Waals surface area contributed by atoms with Gasteiger partial charge in [-0.15, -0.1) is 11.3 Å². The maximum atomic E-state index is 13.4. The molecular weight excluding hydrogens is 506 g/mol. The number of carbonyl (C=O) groups is 2. The summed E-state index contributed by atoms with van der Waals surface area (Å²) in [6.45, 7) is 5.08. The van der Waals surface area contributed by atoms with Crippen molar-refractivity contribution >= 4 is 56.3 Å². The lowest BCUT2D eigenvalue weighted by Gasteiger charge is -2.32. The van der Waals surface area contributed by atoms with E-state index in [1.54, 1.807) is 13.1 Å². The summed E-state index contributed by atoms with van der Waals surface area (Å²) in [7, 11) is 3.72. The Morgan fingerprint density at radius 1 is 1.24 bits per heavy atom. The first-order valence-electron chi connectivity index (χ1n) is 10.8. The minimum Gasteiger partial charge on any atom is -0.372 e. The maximum absolute atomic E-state index is 13.4. The van der Waals surface area contributed by atoms with Crippen LogP contribution in [-0.4, -0.2) is 75.0 Å². The molecule has 10 heteroatoms. The quantitative estimate of drug-likeness (QED) is 0.616. The predicted octanol–water partition coefficient (Wildman–Crippen LogP) is 3.13. The van der Waals surface area contributed by atoms with Gasteiger partial charge in [0.05, 0.1) is 15.3 Å². The lowest BCUT2D eigenvalue weighted by molar-refractivity contribution is -0.121. The first kappa shape index (κ1) is 23.9. The normalized spacial score (nSPS) is 22.5. The van der Waals surface area contributed by atoms with Crippen LogP contribution in [-0.2, 0) is 9.53 Å². The van der Waals surface area contributed by atoms with Gasteiger partial charge in [0.1, 0.15) is 18.0 Å². The summed E-state index contributed by atoms with van der Waals surface area (Å²) in [5.41, 5.74) is 1.79. The van der Waals surface area contributed by atoms with Gasteiger partial charge in [-0.05, 0) is 72.2 Å². The van der Waals surface area contributed by atoms with Gasteiger partial charge < -0.3 is 25.2 Å². The molecule has 0 aliphatic carbocycles. The molecule has 1 aromatic heterocycles. The third kappa shape index (κ3) is 5.13. The number of rotatable bonds is 5. The number of anilines is 2. The van der Waals surface area contributed by atoms with Gasteiger partial charge in [-0.1, -0.05) is 0 Å². The maximum Gasteiger partial charge on any atom is 0.262 e. The monoisotopic (exact) mass is 533 g/mol. The Morgan fingerprint density at radius 3 is 2.70 bits per heavy atom. The van der Waals surface area contributed by atoms with Crippen molar-refractivity contribution in [1.29, 1.82) is 0 Å². The Morgan fingerprint density at radius 2 is 2.06 bits per heavy atom. The van der Waals surface area contributed by atoms with E-state index < -0.39 is 5.54 Å². The third-order valence-corrected chi connectivity index (χ3v) is 7.67. The third-order valence-electron chi connectivity index (χ3n) is 6.05. The van der Waals surface area contributed by atoms with E-state index >= 15 is 0 Å². The average Bonchev–Trinajstić information content (AvgIpc) is 3.40. The van der Waals surface area contributed by atoms with Crippen molar-refractivity contribution in [3.05, 3.63) is 44.6 Å². The molecule has 33 heavy (non-hydrogen) atoms. The van der Waals surface area contributed by atoms with Gasteiger partial charge in [-0.2, -0.15) is 0 Å². The van der Waals surface area contributed by atoms with Crippen LogP contribution in [0.2, 0.25) is 0 Å². The van der Waals surface area contributed by atoms with Crippen molar-refractivity contribution in [2.24, 2.45) is 4.99 Å². The van der Waals surface area contributed by atoms with Crippen molar-refractivity contribution in [3.8, 4) is 0 Å². The number of thiophene rings is 1. The molecule has 4 rings (SSSR count). The van der Waals surface area contributed by atoms with E-state index in [-0.39, 0.29) is 11.8 Å². The van der Waals surface area contributed by atoms with Crippen LogP contribution in [0.3, 0.4) is 0 Å². The van der Waals surface area contributed by atoms with Gasteiger partial charge in [-0.3, -0.25) is 14.6 Å². The zero-order valence-corrected chi connectivity index (χ0v) is 21.4. The Bertz CT molecular complexity index is 1090. The molecule has 2 aromatic rings. The average molecular weight is 534 g/mol. The van der Waals surface area contributed by atoms with Crippen molar-refractivity contribution in [2.45, 2.75) is 18.9 Å². The number of ether oxygens (including phenoxy) is 1. The number of aliphatic imine (C=N–C) groups is 1. The van der Waals surface area contributed by atoms with Gasteiger partial charge in [0, 0.05) is 38.1 Å². The SMILES string of the molecule is C/N=C1/COCCN1c1ccc(NC(=O)C2(NC(=O)c3ccc(Br)s3)CCN(C)C2)cc1C. The van der Waals surface area contributed by atoms with Crippen LogP contribution < -0.4 is 15.5 Å². The van der Waals surface area contributed by atoms with Crippen molar-refractivity contribution in [1.82, 2.24) is 10.2 Å². The van der Waals surface area contributed by atoms with Gasteiger partial charge in [-0.25, -0.2) is 0 Å². The van der Waals surface area contributed by atoms with Crippen LogP contribution in [0, 0.1) is 6.92 Å². The van der Waals surface area contributed by atoms with Crippen LogP contribution in [0.4, 0.5) is 11.4 Å². The molecule has 0 spiro atoms. The number of benzene rings is 1. The fourth-order valence-electron chi connectivity index (χ4n) is 4.32. The number of hydrogen-bond donors (Lipinski definition) is 2. The highest BCUT2D eigenvalue weighted by atomic mass is 79.9. The van der Waals surface area contributed by atoms with E-state index in [1.807, 2.05) is 38.2 Å². The molecule has 1 aromatic carbocycles. The van der Waals surface area contributed by atoms with E-state index in [9.17, 15) is 9.59 Å². The number of morpholine rings is 1. The highest BCUT2D eigenvalue weighted by molar-refractivity contribution is 9.11. The number of likely N-dealkylation sites (tertiary alicyclic amines) is 1. The molecule has 2 N–H and O–H groups in total. The van der Waals surface area contributed by atoms with Crippen LogP contribution in [0.5, 0.6) is 0 Å². The topological polar surface area (TPSA) is 86.3 Å². The summed E-state index contributed by atoms with van der Waals surface area (Å²) < 4.78 is 6.39. The number of amidine groups is 1. The van der Waals surface area contributed by atoms with Gasteiger partial charge in [0.2, 0.25) is 0 Å². The Hall–Kier alpha value is -2.27. The van der Waals surface area contributed by atoms with Crippen molar-refractivity contribution in [3.63, 3.8) is 0 Å². The summed E-state index contributed by atoms with van der Waals surface area (Å²) in [4.78, 5) is 35.4. The number of carbonyl (C=O) groups excluding carboxylic acids is 2. The van der Waals surface area contributed by atoms with Crippen LogP contribution in [0.15, 0.2) is 39.1 Å². The number of amides is 2. The zero-order chi connectivity index (χ0) is 23.6. The molecule has 2 saturated heterocycles. The minimum atomic E-state index is -0.985. The molecule has 8 nitrogen and oxygen atoms in total. The Labute approximate surface area is 206 Å². The lowest BCUT2D eigenvalue weighted by Crippen LogP contribution is -2.58. The summed E-state index contributed by atoms with van der Waals surface area (Å²) >= 11 is 4.74. The molecular formula is C23H28BrN5O3S. The molecule has 176 valence electrons. The second-order valence-electron chi connectivity index (χ2n) is 8.43. The molecule has 1 unspecified atom stereocenters. The Kier molecular flexibility index (Phi) is 7.18. The first-order chi connectivity index (χ1) is 15.8. The fraction of sp³-hybridized carbons (Fsp3) is 0.435. The summed E-state index contributed by atoms with van der Waals surface area (Å²) in [6.07, 6.45) is 0.550. The van der Waals surface area contributed by atoms with Gasteiger partial charge in [0.15, 0.2) is 0 Å². The smallest absolute Gasteiger partial charge is 0.262 e. The number of hydrogen-bond acceptors (Lipinski definition) is 6. The molecule has 2 amide bonds. The van der Waals surface area contributed by atoms with Crippen molar-refractivity contribution in [2.75, 3.05) is 57.2 Å². The second-order valence-corrected chi connectivity index (χ2v) is 10.9. The molecule has 1 atom stereocenters. The number of aryl methyl sites for hydroxylation is 1. The molecule has 0 radical (unpaired) electrons. The molecule has 2 aliphatic heterocycles. The molecule has 0 bridgehead atoms. The first-order valence-corrected chi connectivity index (χ1v) is 12.4. The largest absolute Gasteiger partial charge is 0.372 e. The zero-order valence-electron chi connectivity index (χ0n) is 19.0. The summed E-state index contributed by atoms with van der Waals surface area (Å²) in [5.74, 6) is 0.448. The van der Waals surface area contributed by atoms with Crippen LogP contribution >= 0.6 is 27.3 Å². The number of nitrogens with one attached hydrogen (secondary N) is 2. The standard InChI is InChI=1S/C23H28BrN5O3S/c1-15-12-16(4-5-17(15)29-10-11-32-13-20(29)25-2)26-22(31)23(8-9-28(3)14-23)27-21(30)18-6-7-19(24)33-18/h4-7,12H,8-11,13-14H2,1-3H3,(H,26,31)(H,27,30)/b25-20-. The summed E-state index contributed by atoms with van der Waals surface area (Å²) in [6, 6.07) is 9.45. The number of likely N-dealkylation sites (N-methyl/N-ethyl adjacent to an activating group) is 1. The number of nitrogens with zero attached hydrogens (tertiary/aromatic N) is 3. The minimum absolute atomic E-state index is 0.204. The highest BCUT2D eigenvalue weighted by Crippen LogP contribution is 2.29. The fourth-order valence-corrected chi connectivity index (χ4v) is 5.60. The van der Waals surface area contributed by atoms with Gasteiger partial charge >= 0.3 is 0 Å². The van der Waals surface area contributed by atoms with Crippen LogP contribution in [0.1, 0.15) is 21.7 Å². The second kappa shape index (κ2) is 9.92. The van der Waals surface area contributed by atoms with Crippen molar-refractivity contribution < 1.29 is 14.3 Å². The molecule has 0 saturated carbocycles. The van der Waals surface area contributed by atoms with E-state index in [4.69, 9.17) is 4.74 Å². The highest BCUT2D eigenvalue weighted by Gasteiger charge is 2.45. The molecule has 2 fully saturated rings. The number of halogens is 1. The van der Waals surface area contributed by atoms with Gasteiger partial charge in [0.25, 0.3) is 11.8 Å². The molecule has 2 aliphatic rings. The Balaban J connectivity index is 1.52. The summed E-state index contributed by atoms with van der Waals surface area (Å²) in [5, 5.41) is 6.07. The predicted molar refractivity (Wildman–Crippen MR) is 136 cm³/mol. The van der Waals surface area contributed by atoms with E-state index in [1.165, 1.54) is 11.3 Å².